The minimum atomic E-state index is -0.510. The van der Waals surface area contributed by atoms with E-state index in [-0.39, 0.29) is 0 Å². The van der Waals surface area contributed by atoms with E-state index in [1.165, 1.54) is 0 Å². The number of carbonyl (C=O) groups is 1. The van der Waals surface area contributed by atoms with Crippen LogP contribution in [0, 0.1) is 0 Å². The molecule has 0 unspecified atom stereocenters. The quantitative estimate of drug-likeness (QED) is 0.743. The summed E-state index contributed by atoms with van der Waals surface area (Å²) in [7, 11) is 3.95. The molecule has 2 aromatic rings. The fourth-order valence-corrected chi connectivity index (χ4v) is 1.90. The number of hydrogen-bond acceptors (Lipinski definition) is 4. The Labute approximate surface area is 118 Å². The van der Waals surface area contributed by atoms with Gasteiger partial charge in [0.15, 0.2) is 0 Å². The molecule has 0 aliphatic rings. The van der Waals surface area contributed by atoms with E-state index in [0.29, 0.717) is 16.9 Å². The Hall–Kier alpha value is -2.69. The molecule has 0 aliphatic heterocycles. The molecule has 0 heterocycles. The van der Waals surface area contributed by atoms with Crippen LogP contribution in [0.5, 0.6) is 0 Å². The largest absolute Gasteiger partial charge is 0.397 e. The van der Waals surface area contributed by atoms with Crippen molar-refractivity contribution in [3.05, 3.63) is 48.0 Å². The number of amides is 1. The molecule has 2 aromatic carbocycles. The summed E-state index contributed by atoms with van der Waals surface area (Å²) in [4.78, 5) is 13.4. The summed E-state index contributed by atoms with van der Waals surface area (Å²) < 4.78 is 0. The van der Waals surface area contributed by atoms with Crippen LogP contribution < -0.4 is 21.7 Å². The Morgan fingerprint density at radius 1 is 1.10 bits per heavy atom. The van der Waals surface area contributed by atoms with Gasteiger partial charge in [0.1, 0.15) is 0 Å². The summed E-state index contributed by atoms with van der Waals surface area (Å²) in [5.74, 6) is -0.510. The van der Waals surface area contributed by atoms with E-state index in [1.807, 2.05) is 43.3 Å². The van der Waals surface area contributed by atoms with Gasteiger partial charge in [0.05, 0.1) is 16.9 Å². The number of hydrogen-bond donors (Lipinski definition) is 3. The van der Waals surface area contributed by atoms with E-state index in [9.17, 15) is 4.79 Å². The van der Waals surface area contributed by atoms with Crippen LogP contribution in [0.25, 0.3) is 0 Å². The number of nitrogens with one attached hydrogen (secondary N) is 1. The van der Waals surface area contributed by atoms with Gasteiger partial charge in [-0.05, 0) is 36.4 Å². The molecule has 5 heteroatoms. The van der Waals surface area contributed by atoms with Crippen molar-refractivity contribution in [2.75, 3.05) is 30.0 Å². The summed E-state index contributed by atoms with van der Waals surface area (Å²) in [6.07, 6.45) is 0. The molecule has 104 valence electrons. The van der Waals surface area contributed by atoms with E-state index in [0.717, 1.165) is 11.4 Å². The zero-order chi connectivity index (χ0) is 14.7. The zero-order valence-corrected chi connectivity index (χ0v) is 11.6. The highest BCUT2D eigenvalue weighted by Crippen LogP contribution is 2.28. The van der Waals surface area contributed by atoms with E-state index in [2.05, 4.69) is 5.32 Å². The summed E-state index contributed by atoms with van der Waals surface area (Å²) >= 11 is 0. The van der Waals surface area contributed by atoms with E-state index < -0.39 is 5.91 Å². The van der Waals surface area contributed by atoms with Gasteiger partial charge in [-0.15, -0.1) is 0 Å². The topological polar surface area (TPSA) is 84.4 Å². The molecule has 20 heavy (non-hydrogen) atoms. The molecule has 0 bridgehead atoms. The van der Waals surface area contributed by atoms with Crippen LogP contribution in [0.4, 0.5) is 22.7 Å². The van der Waals surface area contributed by atoms with Gasteiger partial charge in [0.25, 0.3) is 5.91 Å². The van der Waals surface area contributed by atoms with Gasteiger partial charge in [-0.3, -0.25) is 4.79 Å². The van der Waals surface area contributed by atoms with Crippen molar-refractivity contribution in [2.24, 2.45) is 5.73 Å². The third-order valence-electron chi connectivity index (χ3n) is 3.02. The number of benzene rings is 2. The number of para-hydroxylation sites is 1. The fraction of sp³-hybridized carbons (Fsp3) is 0.133. The Balaban J connectivity index is 2.32. The van der Waals surface area contributed by atoms with E-state index in [4.69, 9.17) is 11.5 Å². The standard InChI is InChI=1S/C15H18N4O/c1-19(2)11-8-6-10(7-9-11)18-14-12(15(17)20)4-3-5-13(14)16/h3-9,18H,16H2,1-2H3,(H2,17,20). The first-order valence-corrected chi connectivity index (χ1v) is 6.21. The smallest absolute Gasteiger partial charge is 0.250 e. The molecule has 1 amide bonds. The highest BCUT2D eigenvalue weighted by Gasteiger charge is 2.11. The molecular formula is C15H18N4O. The van der Waals surface area contributed by atoms with Crippen LogP contribution in [-0.4, -0.2) is 20.0 Å². The maximum Gasteiger partial charge on any atom is 0.250 e. The Morgan fingerprint density at radius 3 is 2.30 bits per heavy atom. The highest BCUT2D eigenvalue weighted by molar-refractivity contribution is 6.02. The first kappa shape index (κ1) is 13.7. The van der Waals surface area contributed by atoms with Gasteiger partial charge in [-0.2, -0.15) is 0 Å². The van der Waals surface area contributed by atoms with Gasteiger partial charge in [-0.25, -0.2) is 0 Å². The maximum atomic E-state index is 11.4. The van der Waals surface area contributed by atoms with Crippen LogP contribution in [0.2, 0.25) is 0 Å². The summed E-state index contributed by atoms with van der Waals surface area (Å²) in [6, 6.07) is 12.9. The SMILES string of the molecule is CN(C)c1ccc(Nc2c(N)cccc2C(N)=O)cc1. The molecule has 5 N–H and O–H groups in total. The van der Waals surface area contributed by atoms with Crippen molar-refractivity contribution in [3.63, 3.8) is 0 Å². The molecule has 0 aliphatic carbocycles. The average Bonchev–Trinajstić information content (AvgIpc) is 2.41. The monoisotopic (exact) mass is 270 g/mol. The number of nitrogen functional groups attached to an aromatic ring is 1. The second-order valence-electron chi connectivity index (χ2n) is 4.70. The minimum absolute atomic E-state index is 0.377. The lowest BCUT2D eigenvalue weighted by atomic mass is 10.1. The van der Waals surface area contributed by atoms with Crippen LogP contribution in [-0.2, 0) is 0 Å². The second kappa shape index (κ2) is 5.52. The number of rotatable bonds is 4. The number of anilines is 4. The molecule has 0 atom stereocenters. The van der Waals surface area contributed by atoms with Gasteiger partial charge < -0.3 is 21.7 Å². The Bertz CT molecular complexity index is 620. The van der Waals surface area contributed by atoms with Crippen LogP contribution in [0.3, 0.4) is 0 Å². The maximum absolute atomic E-state index is 11.4. The predicted octanol–water partition coefficient (Wildman–Crippen LogP) is 2.18. The molecule has 5 nitrogen and oxygen atoms in total. The van der Waals surface area contributed by atoms with Gasteiger partial charge >= 0.3 is 0 Å². The first-order valence-electron chi connectivity index (χ1n) is 6.21. The number of nitrogens with two attached hydrogens (primary N) is 2. The molecule has 0 aromatic heterocycles. The second-order valence-corrected chi connectivity index (χ2v) is 4.70. The lowest BCUT2D eigenvalue weighted by Crippen LogP contribution is -2.14. The fourth-order valence-electron chi connectivity index (χ4n) is 1.90. The molecule has 0 saturated carbocycles. The van der Waals surface area contributed by atoms with Crippen molar-refractivity contribution in [1.82, 2.24) is 0 Å². The van der Waals surface area contributed by atoms with Crippen molar-refractivity contribution in [3.8, 4) is 0 Å². The van der Waals surface area contributed by atoms with E-state index >= 15 is 0 Å². The Morgan fingerprint density at radius 2 is 1.75 bits per heavy atom. The number of carbonyl (C=O) groups excluding carboxylic acids is 1. The lowest BCUT2D eigenvalue weighted by Gasteiger charge is -2.15. The molecule has 2 rings (SSSR count). The zero-order valence-electron chi connectivity index (χ0n) is 11.6. The van der Waals surface area contributed by atoms with E-state index in [1.54, 1.807) is 18.2 Å². The Kier molecular flexibility index (Phi) is 3.79. The van der Waals surface area contributed by atoms with Crippen LogP contribution in [0.1, 0.15) is 10.4 Å². The average molecular weight is 270 g/mol. The third kappa shape index (κ3) is 2.83. The number of primary amides is 1. The van der Waals surface area contributed by atoms with Crippen molar-refractivity contribution < 1.29 is 4.79 Å². The molecule has 0 spiro atoms. The summed E-state index contributed by atoms with van der Waals surface area (Å²) in [5, 5.41) is 3.14. The predicted molar refractivity (Wildman–Crippen MR) is 83.4 cm³/mol. The van der Waals surface area contributed by atoms with Crippen molar-refractivity contribution in [1.29, 1.82) is 0 Å². The van der Waals surface area contributed by atoms with Gasteiger partial charge in [0, 0.05) is 25.5 Å². The summed E-state index contributed by atoms with van der Waals surface area (Å²) in [5.41, 5.74) is 14.6. The normalized spacial score (nSPS) is 10.1. The minimum Gasteiger partial charge on any atom is -0.397 e. The first-order chi connectivity index (χ1) is 9.49. The summed E-state index contributed by atoms with van der Waals surface area (Å²) in [6.45, 7) is 0. The van der Waals surface area contributed by atoms with Crippen molar-refractivity contribution >= 4 is 28.7 Å². The molecule has 0 fully saturated rings. The third-order valence-corrected chi connectivity index (χ3v) is 3.02. The van der Waals surface area contributed by atoms with Gasteiger partial charge in [0.2, 0.25) is 0 Å². The van der Waals surface area contributed by atoms with Crippen LogP contribution in [0.15, 0.2) is 42.5 Å². The van der Waals surface area contributed by atoms with Gasteiger partial charge in [-0.1, -0.05) is 6.07 Å². The molecular weight excluding hydrogens is 252 g/mol. The lowest BCUT2D eigenvalue weighted by molar-refractivity contribution is 0.100. The van der Waals surface area contributed by atoms with Crippen LogP contribution >= 0.6 is 0 Å². The molecule has 0 radical (unpaired) electrons. The highest BCUT2D eigenvalue weighted by atomic mass is 16.1. The van der Waals surface area contributed by atoms with Crippen molar-refractivity contribution in [2.45, 2.75) is 0 Å². The molecule has 0 saturated heterocycles. The number of nitrogens with zero attached hydrogens (tertiary/aromatic N) is 1.